The van der Waals surface area contributed by atoms with Crippen molar-refractivity contribution in [1.29, 1.82) is 5.26 Å². The van der Waals surface area contributed by atoms with Crippen molar-refractivity contribution >= 4 is 5.91 Å². The predicted molar refractivity (Wildman–Crippen MR) is 82.1 cm³/mol. The molecule has 20 heavy (non-hydrogen) atoms. The lowest BCUT2D eigenvalue weighted by molar-refractivity contribution is -0.129. The molecule has 1 fully saturated rings. The summed E-state index contributed by atoms with van der Waals surface area (Å²) in [4.78, 5) is 12.6. The van der Waals surface area contributed by atoms with Crippen molar-refractivity contribution in [2.75, 3.05) is 0 Å². The molecule has 1 rings (SSSR count). The molecule has 0 saturated heterocycles. The van der Waals surface area contributed by atoms with Gasteiger partial charge in [0, 0.05) is 6.04 Å². The Morgan fingerprint density at radius 2 is 1.80 bits per heavy atom. The first-order valence-corrected chi connectivity index (χ1v) is 8.40. The van der Waals surface area contributed by atoms with Crippen LogP contribution in [0.25, 0.3) is 0 Å². The number of rotatable bonds is 7. The van der Waals surface area contributed by atoms with E-state index in [0.717, 1.165) is 70.6 Å². The molecule has 1 saturated carbocycles. The van der Waals surface area contributed by atoms with Crippen LogP contribution in [0.5, 0.6) is 0 Å². The fraction of sp³-hybridized carbons (Fsp3) is 0.882. The quantitative estimate of drug-likeness (QED) is 0.705. The Bertz CT molecular complexity index is 324. The Morgan fingerprint density at radius 3 is 2.30 bits per heavy atom. The Morgan fingerprint density at radius 1 is 1.15 bits per heavy atom. The molecule has 0 aromatic rings. The number of carbonyl (C=O) groups is 1. The fourth-order valence-corrected chi connectivity index (χ4v) is 3.13. The molecule has 1 aliphatic carbocycles. The van der Waals surface area contributed by atoms with E-state index >= 15 is 0 Å². The molecule has 1 atom stereocenters. The van der Waals surface area contributed by atoms with E-state index in [1.54, 1.807) is 0 Å². The highest BCUT2D eigenvalue weighted by Gasteiger charge is 2.39. The minimum atomic E-state index is -0.755. The molecule has 1 aliphatic rings. The number of nitriles is 1. The van der Waals surface area contributed by atoms with Crippen LogP contribution in [0.2, 0.25) is 0 Å². The van der Waals surface area contributed by atoms with Crippen molar-refractivity contribution in [2.45, 2.75) is 90.5 Å². The highest BCUT2D eigenvalue weighted by Crippen LogP contribution is 2.35. The number of unbranched alkanes of at least 4 members (excludes halogenated alkanes) is 1. The summed E-state index contributed by atoms with van der Waals surface area (Å²) in [6.45, 7) is 4.32. The topological polar surface area (TPSA) is 52.9 Å². The minimum absolute atomic E-state index is 0.00328. The third-order valence-electron chi connectivity index (χ3n) is 4.48. The SMILES string of the molecule is CCCCC(CCC)NC(=O)C1(C#N)CCCCCC1. The first kappa shape index (κ1) is 17.0. The number of hydrogen-bond donors (Lipinski definition) is 1. The summed E-state index contributed by atoms with van der Waals surface area (Å²) in [7, 11) is 0. The second kappa shape index (κ2) is 9.00. The molecular weight excluding hydrogens is 248 g/mol. The largest absolute Gasteiger partial charge is 0.352 e. The molecule has 0 spiro atoms. The van der Waals surface area contributed by atoms with Gasteiger partial charge in [-0.3, -0.25) is 4.79 Å². The molecule has 3 heteroatoms. The van der Waals surface area contributed by atoms with Gasteiger partial charge < -0.3 is 5.32 Å². The monoisotopic (exact) mass is 278 g/mol. The molecule has 0 aromatic carbocycles. The number of nitrogens with zero attached hydrogens (tertiary/aromatic N) is 1. The van der Waals surface area contributed by atoms with E-state index in [2.05, 4.69) is 25.2 Å². The van der Waals surface area contributed by atoms with Crippen LogP contribution in [0.4, 0.5) is 0 Å². The summed E-state index contributed by atoms with van der Waals surface area (Å²) in [6.07, 6.45) is 11.2. The van der Waals surface area contributed by atoms with Crippen LogP contribution in [0.1, 0.15) is 84.5 Å². The Kier molecular flexibility index (Phi) is 7.65. The maximum Gasteiger partial charge on any atom is 0.240 e. The van der Waals surface area contributed by atoms with E-state index in [-0.39, 0.29) is 11.9 Å². The van der Waals surface area contributed by atoms with Crippen molar-refractivity contribution in [2.24, 2.45) is 5.41 Å². The molecule has 0 heterocycles. The molecule has 1 unspecified atom stereocenters. The number of hydrogen-bond acceptors (Lipinski definition) is 2. The molecule has 1 N–H and O–H groups in total. The van der Waals surface area contributed by atoms with E-state index in [4.69, 9.17) is 0 Å². The van der Waals surface area contributed by atoms with Crippen LogP contribution in [0, 0.1) is 16.7 Å². The molecular formula is C17H30N2O. The van der Waals surface area contributed by atoms with Gasteiger partial charge in [0.2, 0.25) is 5.91 Å². The van der Waals surface area contributed by atoms with Crippen LogP contribution >= 0.6 is 0 Å². The van der Waals surface area contributed by atoms with E-state index in [9.17, 15) is 10.1 Å². The summed E-state index contributed by atoms with van der Waals surface area (Å²) in [5.74, 6) is -0.00328. The van der Waals surface area contributed by atoms with Gasteiger partial charge in [-0.2, -0.15) is 5.26 Å². The second-order valence-electron chi connectivity index (χ2n) is 6.21. The summed E-state index contributed by atoms with van der Waals surface area (Å²) in [6, 6.07) is 2.60. The average molecular weight is 278 g/mol. The van der Waals surface area contributed by atoms with Gasteiger partial charge >= 0.3 is 0 Å². The van der Waals surface area contributed by atoms with Crippen LogP contribution in [-0.2, 0) is 4.79 Å². The van der Waals surface area contributed by atoms with Gasteiger partial charge in [-0.05, 0) is 25.7 Å². The molecule has 0 aromatic heterocycles. The molecule has 0 aliphatic heterocycles. The summed E-state index contributed by atoms with van der Waals surface area (Å²) >= 11 is 0. The third kappa shape index (κ3) is 4.81. The predicted octanol–water partition coefficient (Wildman–Crippen LogP) is 4.33. The maximum absolute atomic E-state index is 12.6. The average Bonchev–Trinajstić information content (AvgIpc) is 2.71. The number of carbonyl (C=O) groups excluding carboxylic acids is 1. The van der Waals surface area contributed by atoms with Crippen LogP contribution in [-0.4, -0.2) is 11.9 Å². The van der Waals surface area contributed by atoms with Gasteiger partial charge in [0.25, 0.3) is 0 Å². The van der Waals surface area contributed by atoms with Gasteiger partial charge in [-0.1, -0.05) is 58.8 Å². The molecule has 3 nitrogen and oxygen atoms in total. The summed E-state index contributed by atoms with van der Waals surface area (Å²) < 4.78 is 0. The van der Waals surface area contributed by atoms with E-state index in [1.807, 2.05) is 0 Å². The zero-order valence-electron chi connectivity index (χ0n) is 13.2. The molecule has 114 valence electrons. The lowest BCUT2D eigenvalue weighted by Gasteiger charge is -2.27. The summed E-state index contributed by atoms with van der Waals surface area (Å²) in [5, 5.41) is 12.7. The second-order valence-corrected chi connectivity index (χ2v) is 6.21. The lowest BCUT2D eigenvalue weighted by atomic mass is 9.80. The Labute approximate surface area is 124 Å². The standard InChI is InChI=1S/C17H30N2O/c1-3-5-11-15(10-4-2)19-16(20)17(14-18)12-8-6-7-9-13-17/h15H,3-13H2,1-2H3,(H,19,20). The number of nitrogens with one attached hydrogen (secondary N) is 1. The first-order valence-electron chi connectivity index (χ1n) is 8.40. The van der Waals surface area contributed by atoms with Crippen molar-refractivity contribution in [3.05, 3.63) is 0 Å². The van der Waals surface area contributed by atoms with Gasteiger partial charge in [0.1, 0.15) is 5.41 Å². The molecule has 1 amide bonds. The Balaban J connectivity index is 2.66. The van der Waals surface area contributed by atoms with E-state index < -0.39 is 5.41 Å². The highest BCUT2D eigenvalue weighted by molar-refractivity contribution is 5.85. The zero-order chi connectivity index (χ0) is 14.8. The lowest BCUT2D eigenvalue weighted by Crippen LogP contribution is -2.45. The van der Waals surface area contributed by atoms with Gasteiger partial charge in [0.05, 0.1) is 6.07 Å². The van der Waals surface area contributed by atoms with Crippen molar-refractivity contribution in [3.8, 4) is 6.07 Å². The van der Waals surface area contributed by atoms with Crippen LogP contribution < -0.4 is 5.32 Å². The van der Waals surface area contributed by atoms with Gasteiger partial charge in [-0.15, -0.1) is 0 Å². The van der Waals surface area contributed by atoms with Gasteiger partial charge in [-0.25, -0.2) is 0 Å². The number of amides is 1. The van der Waals surface area contributed by atoms with E-state index in [1.165, 1.54) is 0 Å². The fourth-order valence-electron chi connectivity index (χ4n) is 3.13. The third-order valence-corrected chi connectivity index (χ3v) is 4.48. The van der Waals surface area contributed by atoms with E-state index in [0.29, 0.717) is 0 Å². The Hall–Kier alpha value is -1.04. The molecule has 0 radical (unpaired) electrons. The smallest absolute Gasteiger partial charge is 0.240 e. The van der Waals surface area contributed by atoms with Crippen molar-refractivity contribution in [1.82, 2.24) is 5.32 Å². The highest BCUT2D eigenvalue weighted by atomic mass is 16.2. The van der Waals surface area contributed by atoms with Crippen LogP contribution in [0.15, 0.2) is 0 Å². The molecule has 0 bridgehead atoms. The van der Waals surface area contributed by atoms with Crippen LogP contribution in [0.3, 0.4) is 0 Å². The van der Waals surface area contributed by atoms with Crippen molar-refractivity contribution < 1.29 is 4.79 Å². The summed E-state index contributed by atoms with van der Waals surface area (Å²) in [5.41, 5.74) is -0.755. The maximum atomic E-state index is 12.6. The van der Waals surface area contributed by atoms with Crippen molar-refractivity contribution in [3.63, 3.8) is 0 Å². The normalized spacial score (nSPS) is 19.6. The first-order chi connectivity index (χ1) is 9.68. The minimum Gasteiger partial charge on any atom is -0.352 e. The van der Waals surface area contributed by atoms with Gasteiger partial charge in [0.15, 0.2) is 0 Å². The zero-order valence-corrected chi connectivity index (χ0v) is 13.2.